The van der Waals surface area contributed by atoms with Crippen LogP contribution < -0.4 is 18.9 Å². The Labute approximate surface area is 561 Å². The van der Waals surface area contributed by atoms with Gasteiger partial charge in [0.15, 0.2) is 0 Å². The molecule has 21 nitrogen and oxygen atoms in total. The van der Waals surface area contributed by atoms with Gasteiger partial charge in [-0.15, -0.1) is 0 Å². The molecule has 6 N–H and O–H groups in total. The van der Waals surface area contributed by atoms with Crippen LogP contribution in [0.3, 0.4) is 0 Å². The lowest BCUT2D eigenvalue weighted by Gasteiger charge is -2.12. The van der Waals surface area contributed by atoms with E-state index >= 15 is 0 Å². The Morgan fingerprint density at radius 2 is 0.859 bits per heavy atom. The van der Waals surface area contributed by atoms with Crippen molar-refractivity contribution in [3.05, 3.63) is 275 Å². The van der Waals surface area contributed by atoms with Crippen LogP contribution in [-0.2, 0) is 0 Å². The minimum atomic E-state index is -1.15. The normalized spacial score (nSPS) is 12.7. The maximum Gasteiger partial charge on any atom is 0.339 e. The molecule has 16 rings (SSSR count). The highest BCUT2D eigenvalue weighted by Crippen LogP contribution is 2.39. The van der Waals surface area contributed by atoms with Gasteiger partial charge in [-0.25, -0.2) is 24.0 Å². The first kappa shape index (κ1) is 63.8. The average Bonchev–Trinajstić information content (AvgIpc) is 1.66. The number of hydrogen-bond acceptors (Lipinski definition) is 15. The van der Waals surface area contributed by atoms with E-state index in [-0.39, 0.29) is 45.1 Å². The molecule has 0 fully saturated rings. The molecule has 12 aromatic rings. The first-order valence-electron chi connectivity index (χ1n) is 30.5. The summed E-state index contributed by atoms with van der Waals surface area (Å²) in [6.07, 6.45) is 21.7. The monoisotopic (exact) mass is 1320 g/mol. The van der Waals surface area contributed by atoms with E-state index in [9.17, 15) is 44.4 Å². The highest BCUT2D eigenvalue weighted by molar-refractivity contribution is 6.14. The predicted molar refractivity (Wildman–Crippen MR) is 374 cm³/mol. The zero-order chi connectivity index (χ0) is 68.5. The standard InChI is InChI=1S/C23H15NO3.2C19H13NO4.C17H12N2O5/c25-23(26)20-12-15(18-8-9-24-13-18)6-7-21(20)27-19-10-16-3-1-2-14-4-5-17(11-19)22(14)16;21-19(22)16-10-12(14-5-7-20-11-14)1-3-18(16)24-15-2-4-17-13(9-15)6-8-23-17;21-19(22)16-9-13(14-5-7-20-11-14)2-4-17(16)24-15-3-1-12-6-8-23-18(12)10-15;20-16(21)11-2-1-3-13(6-11)24-15-5-4-10(7-14(15)17(22)23)12-8-18-19-9-12/h1-8,10-13H,9H2,(H,25,26);2*1-6,8-11H,7H2,(H,21,22);1-9H,(H,18,19)(H,20,21)(H,22,23). The number of aromatic nitrogens is 2. The number of aliphatic imine (C=N–C) groups is 3. The van der Waals surface area contributed by atoms with E-state index in [0.717, 1.165) is 66.3 Å². The van der Waals surface area contributed by atoms with Gasteiger partial charge in [-0.05, 0) is 182 Å². The van der Waals surface area contributed by atoms with Crippen LogP contribution in [-0.4, -0.2) is 104 Å². The van der Waals surface area contributed by atoms with E-state index in [2.05, 4.69) is 43.4 Å². The number of fused-ring (bicyclic) bond motifs is 2. The van der Waals surface area contributed by atoms with Gasteiger partial charge in [-0.2, -0.15) is 5.10 Å². The second-order valence-corrected chi connectivity index (χ2v) is 22.3. The van der Waals surface area contributed by atoms with Gasteiger partial charge >= 0.3 is 29.8 Å². The number of benzene rings is 9. The molecule has 3 aromatic heterocycles. The number of aromatic carboxylic acids is 5. The van der Waals surface area contributed by atoms with Crippen molar-refractivity contribution in [3.8, 4) is 57.1 Å². The number of furan rings is 2. The van der Waals surface area contributed by atoms with Crippen LogP contribution in [0.5, 0.6) is 46.0 Å². The Bertz CT molecular complexity index is 5270. The minimum Gasteiger partial charge on any atom is -0.478 e. The van der Waals surface area contributed by atoms with Crippen LogP contribution in [0.2, 0.25) is 0 Å². The van der Waals surface area contributed by atoms with Crippen molar-refractivity contribution < 1.29 is 77.3 Å². The van der Waals surface area contributed by atoms with E-state index in [0.29, 0.717) is 59.5 Å². The summed E-state index contributed by atoms with van der Waals surface area (Å²) in [6.45, 7) is 1.88. The molecule has 0 amide bonds. The summed E-state index contributed by atoms with van der Waals surface area (Å²) < 4.78 is 33.8. The molecule has 1 aliphatic carbocycles. The average molecular weight is 1320 g/mol. The molecule has 6 heterocycles. The molecule has 0 saturated carbocycles. The van der Waals surface area contributed by atoms with Gasteiger partial charge in [0.05, 0.1) is 43.9 Å². The second kappa shape index (κ2) is 28.3. The van der Waals surface area contributed by atoms with Gasteiger partial charge in [-0.1, -0.05) is 78.9 Å². The molecule has 0 saturated heterocycles. The third-order valence-electron chi connectivity index (χ3n) is 15.9. The van der Waals surface area contributed by atoms with Gasteiger partial charge in [0.1, 0.15) is 79.4 Å². The summed E-state index contributed by atoms with van der Waals surface area (Å²) in [5.74, 6) is -2.36. The molecule has 0 radical (unpaired) electrons. The molecule has 3 aliphatic heterocycles. The Morgan fingerprint density at radius 3 is 1.38 bits per heavy atom. The first-order valence-corrected chi connectivity index (χ1v) is 30.5. The fraction of sp³-hybridized carbons (Fsp3) is 0.0385. The maximum absolute atomic E-state index is 11.8. The number of carboxylic acids is 5. The van der Waals surface area contributed by atoms with Crippen molar-refractivity contribution in [1.82, 2.24) is 10.2 Å². The van der Waals surface area contributed by atoms with Crippen LogP contribution >= 0.6 is 0 Å². The highest BCUT2D eigenvalue weighted by Gasteiger charge is 2.21. The predicted octanol–water partition coefficient (Wildman–Crippen LogP) is 17.3. The van der Waals surface area contributed by atoms with Gasteiger partial charge in [0, 0.05) is 47.2 Å². The topological polar surface area (TPSA) is 315 Å². The number of ether oxygens (including phenoxy) is 4. The second-order valence-electron chi connectivity index (χ2n) is 22.3. The van der Waals surface area contributed by atoms with E-state index < -0.39 is 29.8 Å². The van der Waals surface area contributed by atoms with Crippen LogP contribution in [0.25, 0.3) is 72.7 Å². The molecule has 0 spiro atoms. The molecular formula is C78H53N5O16. The number of H-pyrrole nitrogens is 1. The fourth-order valence-electron chi connectivity index (χ4n) is 11.1. The maximum atomic E-state index is 11.8. The Kier molecular flexibility index (Phi) is 18.3. The Morgan fingerprint density at radius 1 is 0.384 bits per heavy atom. The number of carboxylic acid groups (broad SMARTS) is 5. The summed E-state index contributed by atoms with van der Waals surface area (Å²) in [5, 5.41) is 57.7. The molecule has 99 heavy (non-hydrogen) atoms. The largest absolute Gasteiger partial charge is 0.478 e. The summed E-state index contributed by atoms with van der Waals surface area (Å²) in [6, 6.07) is 50.4. The van der Waals surface area contributed by atoms with Crippen molar-refractivity contribution >= 4 is 110 Å². The van der Waals surface area contributed by atoms with Crippen LogP contribution in [0.1, 0.15) is 79.6 Å². The number of hydrogen-bond donors (Lipinski definition) is 6. The first-order chi connectivity index (χ1) is 48.1. The molecule has 4 aliphatic rings. The SMILES string of the molecule is O=C(O)c1cc(C2=CCN=C2)ccc1Oc1cc2c3c(cccc3c1)C=C2.O=C(O)c1cc(C2=CCN=C2)ccc1Oc1ccc2ccoc2c1.O=C(O)c1cc(C2=CCN=C2)ccc1Oc1ccc2occc2c1.O=C(O)c1cccc(Oc2ccc(-c3cn[nH]c3)cc2C(=O)O)c1. The van der Waals surface area contributed by atoms with Gasteiger partial charge in [0.2, 0.25) is 0 Å². The van der Waals surface area contributed by atoms with E-state index in [1.165, 1.54) is 41.3 Å². The molecule has 0 atom stereocenters. The summed E-state index contributed by atoms with van der Waals surface area (Å²) >= 11 is 0. The Balaban J connectivity index is 0.000000119. The lowest BCUT2D eigenvalue weighted by Crippen LogP contribution is -2.01. The third kappa shape index (κ3) is 14.6. The van der Waals surface area contributed by atoms with Crippen LogP contribution in [0.4, 0.5) is 0 Å². The zero-order valence-electron chi connectivity index (χ0n) is 51.8. The molecule has 0 unspecified atom stereocenters. The van der Waals surface area contributed by atoms with Crippen molar-refractivity contribution in [3.63, 3.8) is 0 Å². The zero-order valence-corrected chi connectivity index (χ0v) is 51.8. The molecule has 21 heteroatoms. The van der Waals surface area contributed by atoms with Crippen molar-refractivity contribution in [1.29, 1.82) is 0 Å². The van der Waals surface area contributed by atoms with Crippen LogP contribution in [0.15, 0.2) is 243 Å². The number of rotatable bonds is 17. The number of allylic oxidation sites excluding steroid dienone is 3. The lowest BCUT2D eigenvalue weighted by molar-refractivity contribution is 0.0682. The summed E-state index contributed by atoms with van der Waals surface area (Å²) in [5.41, 5.74) is 10.7. The molecular weight excluding hydrogens is 1260 g/mol. The van der Waals surface area contributed by atoms with Gasteiger partial charge < -0.3 is 53.3 Å². The number of carbonyl (C=O) groups is 5. The van der Waals surface area contributed by atoms with E-state index in [1.807, 2.05) is 85.0 Å². The van der Waals surface area contributed by atoms with Gasteiger partial charge in [-0.3, -0.25) is 20.1 Å². The smallest absolute Gasteiger partial charge is 0.339 e. The summed E-state index contributed by atoms with van der Waals surface area (Å²) in [4.78, 5) is 69.9. The van der Waals surface area contributed by atoms with E-state index in [1.54, 1.807) is 116 Å². The lowest BCUT2D eigenvalue weighted by atomic mass is 10.0. The van der Waals surface area contributed by atoms with Crippen molar-refractivity contribution in [2.45, 2.75) is 0 Å². The van der Waals surface area contributed by atoms with Crippen molar-refractivity contribution in [2.75, 3.05) is 19.6 Å². The Hall–Kier alpha value is -14.0. The van der Waals surface area contributed by atoms with Crippen LogP contribution in [0, 0.1) is 0 Å². The quantitative estimate of drug-likeness (QED) is 0.0493. The molecule has 486 valence electrons. The number of aromatic amines is 1. The molecule has 9 aromatic carbocycles. The van der Waals surface area contributed by atoms with Gasteiger partial charge in [0.25, 0.3) is 0 Å². The van der Waals surface area contributed by atoms with E-state index in [4.69, 9.17) is 32.9 Å². The fourth-order valence-corrected chi connectivity index (χ4v) is 11.1. The van der Waals surface area contributed by atoms with Crippen molar-refractivity contribution in [2.24, 2.45) is 15.0 Å². The number of nitrogens with zero attached hydrogens (tertiary/aromatic N) is 4. The minimum absolute atomic E-state index is 0.0329. The highest BCUT2D eigenvalue weighted by atomic mass is 16.5. The number of nitrogens with one attached hydrogen (secondary N) is 1. The summed E-state index contributed by atoms with van der Waals surface area (Å²) in [7, 11) is 0. The molecule has 0 bridgehead atoms. The third-order valence-corrected chi connectivity index (χ3v) is 15.9.